The van der Waals surface area contributed by atoms with Gasteiger partial charge in [-0.3, -0.25) is 9.79 Å². The lowest BCUT2D eigenvalue weighted by atomic mass is 10.2. The maximum atomic E-state index is 12.0. The van der Waals surface area contributed by atoms with Gasteiger partial charge in [-0.2, -0.15) is 0 Å². The number of halogens is 1. The lowest BCUT2D eigenvalue weighted by Gasteiger charge is -2.34. The number of guanidine groups is 1. The Morgan fingerprint density at radius 2 is 2.05 bits per heavy atom. The van der Waals surface area contributed by atoms with E-state index in [1.165, 1.54) is 0 Å². The Balaban J connectivity index is 1.97. The third-order valence-corrected chi connectivity index (χ3v) is 3.41. The van der Waals surface area contributed by atoms with E-state index in [0.717, 1.165) is 5.56 Å². The Labute approximate surface area is 117 Å². The van der Waals surface area contributed by atoms with Gasteiger partial charge in [0.25, 0.3) is 0 Å². The minimum Gasteiger partial charge on any atom is -0.370 e. The highest BCUT2D eigenvalue weighted by atomic mass is 35.5. The molecule has 2 rings (SSSR count). The van der Waals surface area contributed by atoms with Gasteiger partial charge >= 0.3 is 0 Å². The van der Waals surface area contributed by atoms with Crippen LogP contribution in [0, 0.1) is 0 Å². The van der Waals surface area contributed by atoms with Crippen LogP contribution < -0.4 is 5.73 Å². The molecular formula is C13H17ClN4O. The van der Waals surface area contributed by atoms with Crippen molar-refractivity contribution in [3.05, 3.63) is 34.9 Å². The first-order valence-corrected chi connectivity index (χ1v) is 6.47. The van der Waals surface area contributed by atoms with Crippen LogP contribution in [-0.2, 0) is 11.3 Å². The molecule has 1 heterocycles. The number of rotatable bonds is 2. The summed E-state index contributed by atoms with van der Waals surface area (Å²) in [6.45, 7) is 2.25. The number of nitrogens with zero attached hydrogens (tertiary/aromatic N) is 3. The van der Waals surface area contributed by atoms with Gasteiger partial charge in [-0.1, -0.05) is 23.7 Å². The van der Waals surface area contributed by atoms with Crippen molar-refractivity contribution >= 4 is 23.5 Å². The highest BCUT2D eigenvalue weighted by Gasteiger charge is 2.24. The number of aliphatic imine (C=N–C) groups is 1. The van der Waals surface area contributed by atoms with Crippen molar-refractivity contribution in [2.45, 2.75) is 6.54 Å². The molecule has 0 radical (unpaired) electrons. The number of benzene rings is 1. The summed E-state index contributed by atoms with van der Waals surface area (Å²) in [6.07, 6.45) is 0. The molecule has 0 aromatic heterocycles. The van der Waals surface area contributed by atoms with Gasteiger partial charge < -0.3 is 15.5 Å². The van der Waals surface area contributed by atoms with E-state index in [0.29, 0.717) is 30.6 Å². The summed E-state index contributed by atoms with van der Waals surface area (Å²) < 4.78 is 0. The number of carbonyl (C=O) groups excluding carboxylic acids is 1. The number of hydrogen-bond donors (Lipinski definition) is 1. The first kappa shape index (κ1) is 13.7. The molecule has 1 saturated heterocycles. The first-order chi connectivity index (χ1) is 9.10. The smallest absolute Gasteiger partial charge is 0.242 e. The second-order valence-corrected chi connectivity index (χ2v) is 4.88. The Hall–Kier alpha value is -1.75. The predicted octanol–water partition coefficient (Wildman–Crippen LogP) is 0.929. The fourth-order valence-electron chi connectivity index (χ4n) is 2.02. The van der Waals surface area contributed by atoms with E-state index >= 15 is 0 Å². The lowest BCUT2D eigenvalue weighted by Crippen LogP contribution is -2.53. The van der Waals surface area contributed by atoms with Crippen molar-refractivity contribution in [3.8, 4) is 0 Å². The molecule has 19 heavy (non-hydrogen) atoms. The zero-order chi connectivity index (χ0) is 13.8. The molecule has 5 nitrogen and oxygen atoms in total. The lowest BCUT2D eigenvalue weighted by molar-refractivity contribution is -0.135. The largest absolute Gasteiger partial charge is 0.370 e. The SMILES string of the molecule is CN=C(N)N1CCN(Cc2ccc(Cl)cc2)C(=O)C1. The van der Waals surface area contributed by atoms with Crippen molar-refractivity contribution < 1.29 is 4.79 Å². The zero-order valence-electron chi connectivity index (χ0n) is 10.8. The van der Waals surface area contributed by atoms with E-state index in [9.17, 15) is 4.79 Å². The maximum Gasteiger partial charge on any atom is 0.242 e. The molecule has 1 fully saturated rings. The Morgan fingerprint density at radius 3 is 2.63 bits per heavy atom. The highest BCUT2D eigenvalue weighted by Crippen LogP contribution is 2.13. The first-order valence-electron chi connectivity index (χ1n) is 6.09. The second-order valence-electron chi connectivity index (χ2n) is 4.45. The van der Waals surface area contributed by atoms with Gasteiger partial charge in [-0.15, -0.1) is 0 Å². The van der Waals surface area contributed by atoms with Crippen LogP contribution in [0.15, 0.2) is 29.3 Å². The Kier molecular flexibility index (Phi) is 4.27. The average molecular weight is 281 g/mol. The quantitative estimate of drug-likeness (QED) is 0.647. The van der Waals surface area contributed by atoms with Gasteiger partial charge in [0.05, 0.1) is 6.54 Å². The van der Waals surface area contributed by atoms with Crippen molar-refractivity contribution in [1.29, 1.82) is 0 Å². The van der Waals surface area contributed by atoms with Crippen molar-refractivity contribution in [1.82, 2.24) is 9.80 Å². The second kappa shape index (κ2) is 5.93. The van der Waals surface area contributed by atoms with Gasteiger partial charge in [0.1, 0.15) is 0 Å². The van der Waals surface area contributed by atoms with E-state index < -0.39 is 0 Å². The van der Waals surface area contributed by atoms with Gasteiger partial charge in [-0.05, 0) is 17.7 Å². The zero-order valence-corrected chi connectivity index (χ0v) is 11.6. The van der Waals surface area contributed by atoms with E-state index in [-0.39, 0.29) is 12.5 Å². The van der Waals surface area contributed by atoms with Crippen LogP contribution in [-0.4, -0.2) is 48.3 Å². The summed E-state index contributed by atoms with van der Waals surface area (Å²) in [4.78, 5) is 19.6. The number of carbonyl (C=O) groups is 1. The van der Waals surface area contributed by atoms with Crippen LogP contribution in [0.4, 0.5) is 0 Å². The Morgan fingerprint density at radius 1 is 1.37 bits per heavy atom. The molecule has 6 heteroatoms. The van der Waals surface area contributed by atoms with E-state index in [2.05, 4.69) is 4.99 Å². The third kappa shape index (κ3) is 3.38. The van der Waals surface area contributed by atoms with Crippen molar-refractivity contribution in [2.24, 2.45) is 10.7 Å². The monoisotopic (exact) mass is 280 g/mol. The van der Waals surface area contributed by atoms with Crippen molar-refractivity contribution in [3.63, 3.8) is 0 Å². The molecule has 102 valence electrons. The molecule has 0 bridgehead atoms. The van der Waals surface area contributed by atoms with Crippen LogP contribution in [0.1, 0.15) is 5.56 Å². The summed E-state index contributed by atoms with van der Waals surface area (Å²) in [5, 5.41) is 0.701. The summed E-state index contributed by atoms with van der Waals surface area (Å²) >= 11 is 5.84. The minimum atomic E-state index is 0.0628. The molecule has 1 aromatic carbocycles. The minimum absolute atomic E-state index is 0.0628. The van der Waals surface area contributed by atoms with Crippen LogP contribution in [0.3, 0.4) is 0 Å². The number of piperazine rings is 1. The number of hydrogen-bond acceptors (Lipinski definition) is 2. The molecule has 0 atom stereocenters. The molecule has 1 aliphatic rings. The molecule has 0 spiro atoms. The van der Waals surface area contributed by atoms with Crippen LogP contribution >= 0.6 is 11.6 Å². The van der Waals surface area contributed by atoms with E-state index in [1.54, 1.807) is 11.9 Å². The maximum absolute atomic E-state index is 12.0. The van der Waals surface area contributed by atoms with Gasteiger partial charge in [0, 0.05) is 31.7 Å². The van der Waals surface area contributed by atoms with Crippen molar-refractivity contribution in [2.75, 3.05) is 26.7 Å². The molecule has 0 aliphatic carbocycles. The van der Waals surface area contributed by atoms with Gasteiger partial charge in [0.15, 0.2) is 5.96 Å². The highest BCUT2D eigenvalue weighted by molar-refractivity contribution is 6.30. The average Bonchev–Trinajstić information content (AvgIpc) is 2.42. The van der Waals surface area contributed by atoms with E-state index in [1.807, 2.05) is 29.2 Å². The van der Waals surface area contributed by atoms with Gasteiger partial charge in [0.2, 0.25) is 5.91 Å². The molecule has 1 amide bonds. The molecule has 0 saturated carbocycles. The number of nitrogens with two attached hydrogens (primary N) is 1. The topological polar surface area (TPSA) is 61.9 Å². The molecule has 1 aliphatic heterocycles. The molecular weight excluding hydrogens is 264 g/mol. The van der Waals surface area contributed by atoms with Crippen LogP contribution in [0.25, 0.3) is 0 Å². The number of amides is 1. The van der Waals surface area contributed by atoms with Gasteiger partial charge in [-0.25, -0.2) is 0 Å². The molecule has 2 N–H and O–H groups in total. The van der Waals surface area contributed by atoms with Crippen LogP contribution in [0.5, 0.6) is 0 Å². The van der Waals surface area contributed by atoms with E-state index in [4.69, 9.17) is 17.3 Å². The fourth-order valence-corrected chi connectivity index (χ4v) is 2.15. The Bertz CT molecular complexity index is 486. The fraction of sp³-hybridized carbons (Fsp3) is 0.385. The molecule has 1 aromatic rings. The third-order valence-electron chi connectivity index (χ3n) is 3.16. The molecule has 0 unspecified atom stereocenters. The van der Waals surface area contributed by atoms with Crippen LogP contribution in [0.2, 0.25) is 5.02 Å². The summed E-state index contributed by atoms with van der Waals surface area (Å²) in [7, 11) is 1.62. The predicted molar refractivity (Wildman–Crippen MR) is 76.0 cm³/mol. The standard InChI is InChI=1S/C13H17ClN4O/c1-16-13(15)18-7-6-17(12(19)9-18)8-10-2-4-11(14)5-3-10/h2-5H,6-9H2,1H3,(H2,15,16). The summed E-state index contributed by atoms with van der Waals surface area (Å²) in [5.74, 6) is 0.479. The normalized spacial score (nSPS) is 16.9. The summed E-state index contributed by atoms with van der Waals surface area (Å²) in [5.41, 5.74) is 6.79. The summed E-state index contributed by atoms with van der Waals surface area (Å²) in [6, 6.07) is 7.53.